The van der Waals surface area contributed by atoms with E-state index in [0.29, 0.717) is 29.6 Å². The van der Waals surface area contributed by atoms with Crippen LogP contribution < -0.4 is 4.74 Å². The van der Waals surface area contributed by atoms with Gasteiger partial charge in [0.15, 0.2) is 11.6 Å². The standard InChI is InChI=1S/C28H25F5N6O/c1-16(2)10-11-40-18-7-8-19(21(12-18)28(31,32)33)23-9-6-17(37-38-23)14-39-15-25-24(13-34-39)35-27(36-25)20-4-3-5-22(29)26(20)30/h3-9,12-13,16H,10-11,14-15H2,1-2H3,(H,35,36). The number of ether oxygens (including phenoxy) is 1. The Morgan fingerprint density at radius 3 is 2.58 bits per heavy atom. The molecule has 5 rings (SSSR count). The number of alkyl halides is 3. The third-order valence-corrected chi connectivity index (χ3v) is 6.30. The number of nitrogens with zero attached hydrogens (tertiary/aromatic N) is 5. The molecule has 0 fully saturated rings. The topological polar surface area (TPSA) is 79.3 Å². The van der Waals surface area contributed by atoms with Crippen LogP contribution in [0.25, 0.3) is 22.6 Å². The smallest absolute Gasteiger partial charge is 0.417 e. The highest BCUT2D eigenvalue weighted by Gasteiger charge is 2.35. The van der Waals surface area contributed by atoms with Crippen LogP contribution in [0.3, 0.4) is 0 Å². The van der Waals surface area contributed by atoms with Crippen LogP contribution >= 0.6 is 0 Å². The van der Waals surface area contributed by atoms with Gasteiger partial charge in [0, 0.05) is 5.56 Å². The van der Waals surface area contributed by atoms with Crippen LogP contribution in [0.4, 0.5) is 22.0 Å². The average molecular weight is 557 g/mol. The molecule has 0 bridgehead atoms. The summed E-state index contributed by atoms with van der Waals surface area (Å²) in [6.45, 7) is 4.83. The lowest BCUT2D eigenvalue weighted by Crippen LogP contribution is -2.22. The number of imidazole rings is 1. The van der Waals surface area contributed by atoms with Crippen LogP contribution in [-0.2, 0) is 19.3 Å². The molecule has 208 valence electrons. The van der Waals surface area contributed by atoms with Crippen LogP contribution in [0.15, 0.2) is 53.6 Å². The molecule has 1 N–H and O–H groups in total. The van der Waals surface area contributed by atoms with Crippen LogP contribution in [0, 0.1) is 17.6 Å². The lowest BCUT2D eigenvalue weighted by Gasteiger charge is -2.21. The molecule has 0 aliphatic carbocycles. The number of benzene rings is 2. The molecule has 7 nitrogen and oxygen atoms in total. The van der Waals surface area contributed by atoms with Crippen molar-refractivity contribution >= 4 is 6.21 Å². The van der Waals surface area contributed by atoms with Gasteiger partial charge in [-0.1, -0.05) is 19.9 Å². The summed E-state index contributed by atoms with van der Waals surface area (Å²) in [6, 6.07) is 10.7. The summed E-state index contributed by atoms with van der Waals surface area (Å²) >= 11 is 0. The fraction of sp³-hybridized carbons (Fsp3) is 0.286. The van der Waals surface area contributed by atoms with Crippen molar-refractivity contribution in [2.24, 2.45) is 11.0 Å². The first-order valence-electron chi connectivity index (χ1n) is 12.6. The molecule has 0 atom stereocenters. The summed E-state index contributed by atoms with van der Waals surface area (Å²) in [5.41, 5.74) is 0.736. The number of halogens is 5. The minimum absolute atomic E-state index is 0.00387. The molecule has 0 saturated carbocycles. The molecule has 3 heterocycles. The molecular weight excluding hydrogens is 531 g/mol. The summed E-state index contributed by atoms with van der Waals surface area (Å²) in [6.07, 6.45) is -2.39. The van der Waals surface area contributed by atoms with Crippen LogP contribution in [-0.4, -0.2) is 38.0 Å². The molecule has 0 spiro atoms. The minimum Gasteiger partial charge on any atom is -0.494 e. The Labute approximate surface area is 226 Å². The van der Waals surface area contributed by atoms with E-state index in [4.69, 9.17) is 4.74 Å². The van der Waals surface area contributed by atoms with Gasteiger partial charge in [-0.3, -0.25) is 5.01 Å². The van der Waals surface area contributed by atoms with E-state index < -0.39 is 23.4 Å². The Kier molecular flexibility index (Phi) is 7.51. The van der Waals surface area contributed by atoms with Crippen molar-refractivity contribution in [1.82, 2.24) is 25.2 Å². The van der Waals surface area contributed by atoms with Gasteiger partial charge in [0.05, 0.1) is 54.1 Å². The molecular formula is C28H25F5N6O. The van der Waals surface area contributed by atoms with Gasteiger partial charge in [-0.25, -0.2) is 13.8 Å². The Morgan fingerprint density at radius 2 is 1.85 bits per heavy atom. The number of hydrazone groups is 1. The number of aromatic amines is 1. The predicted molar refractivity (Wildman–Crippen MR) is 138 cm³/mol. The molecule has 0 unspecified atom stereocenters. The Balaban J connectivity index is 1.29. The van der Waals surface area contributed by atoms with Crippen LogP contribution in [0.2, 0.25) is 0 Å². The molecule has 1 aliphatic heterocycles. The number of rotatable bonds is 8. The third-order valence-electron chi connectivity index (χ3n) is 6.30. The highest BCUT2D eigenvalue weighted by molar-refractivity contribution is 5.80. The first kappa shape index (κ1) is 27.2. The fourth-order valence-electron chi connectivity index (χ4n) is 4.18. The molecule has 1 aliphatic rings. The van der Waals surface area contributed by atoms with Gasteiger partial charge in [-0.05, 0) is 54.8 Å². The zero-order valence-corrected chi connectivity index (χ0v) is 21.6. The lowest BCUT2D eigenvalue weighted by molar-refractivity contribution is -0.137. The second-order valence-electron chi connectivity index (χ2n) is 9.76. The normalized spacial score (nSPS) is 13.2. The first-order chi connectivity index (χ1) is 19.1. The van der Waals surface area contributed by atoms with Crippen molar-refractivity contribution in [2.45, 2.75) is 39.5 Å². The number of hydrogen-bond acceptors (Lipinski definition) is 6. The SMILES string of the molecule is CC(C)CCOc1ccc(-c2ccc(CN3Cc4[nH]c(-c5cccc(F)c5F)nc4C=N3)nn2)c(C(F)(F)F)c1. The zero-order chi connectivity index (χ0) is 28.4. The van der Waals surface area contributed by atoms with Gasteiger partial charge in [0.2, 0.25) is 0 Å². The minimum atomic E-state index is -4.61. The van der Waals surface area contributed by atoms with Gasteiger partial charge in [0.25, 0.3) is 0 Å². The zero-order valence-electron chi connectivity index (χ0n) is 21.6. The molecule has 0 amide bonds. The van der Waals surface area contributed by atoms with Gasteiger partial charge in [-0.2, -0.15) is 28.5 Å². The predicted octanol–water partition coefficient (Wildman–Crippen LogP) is 6.61. The summed E-state index contributed by atoms with van der Waals surface area (Å²) in [4.78, 5) is 7.30. The number of aromatic nitrogens is 4. The van der Waals surface area contributed by atoms with E-state index in [1.54, 1.807) is 11.1 Å². The second kappa shape index (κ2) is 11.0. The Morgan fingerprint density at radius 1 is 1.02 bits per heavy atom. The quantitative estimate of drug-likeness (QED) is 0.247. The number of hydrogen-bond donors (Lipinski definition) is 1. The summed E-state index contributed by atoms with van der Waals surface area (Å²) in [7, 11) is 0. The Bertz CT molecular complexity index is 1530. The molecule has 0 saturated heterocycles. The molecule has 2 aromatic carbocycles. The monoisotopic (exact) mass is 556 g/mol. The summed E-state index contributed by atoms with van der Waals surface area (Å²) in [5.74, 6) is -1.28. The maximum atomic E-state index is 14.2. The van der Waals surface area contributed by atoms with Crippen molar-refractivity contribution in [3.63, 3.8) is 0 Å². The summed E-state index contributed by atoms with van der Waals surface area (Å²) < 4.78 is 74.9. The van der Waals surface area contributed by atoms with Gasteiger partial charge < -0.3 is 9.72 Å². The molecule has 40 heavy (non-hydrogen) atoms. The maximum absolute atomic E-state index is 14.2. The maximum Gasteiger partial charge on any atom is 0.417 e. The van der Waals surface area contributed by atoms with E-state index in [2.05, 4.69) is 25.3 Å². The van der Waals surface area contributed by atoms with Gasteiger partial charge in [-0.15, -0.1) is 0 Å². The van der Waals surface area contributed by atoms with E-state index in [1.165, 1.54) is 36.5 Å². The highest BCUT2D eigenvalue weighted by Crippen LogP contribution is 2.38. The molecule has 4 aromatic rings. The molecule has 12 heteroatoms. The largest absolute Gasteiger partial charge is 0.494 e. The van der Waals surface area contributed by atoms with Crippen molar-refractivity contribution in [3.8, 4) is 28.4 Å². The van der Waals surface area contributed by atoms with Crippen LogP contribution in [0.5, 0.6) is 5.75 Å². The van der Waals surface area contributed by atoms with Crippen LogP contribution in [0.1, 0.15) is 42.9 Å². The molecule has 0 radical (unpaired) electrons. The van der Waals surface area contributed by atoms with E-state index in [9.17, 15) is 22.0 Å². The third kappa shape index (κ3) is 5.95. The summed E-state index contributed by atoms with van der Waals surface area (Å²) in [5, 5.41) is 14.1. The number of fused-ring (bicyclic) bond motifs is 1. The average Bonchev–Trinajstić information content (AvgIpc) is 3.33. The van der Waals surface area contributed by atoms with Crippen molar-refractivity contribution < 1.29 is 26.7 Å². The van der Waals surface area contributed by atoms with E-state index in [0.717, 1.165) is 18.6 Å². The lowest BCUT2D eigenvalue weighted by atomic mass is 10.0. The Hall–Kier alpha value is -4.35. The van der Waals surface area contributed by atoms with E-state index >= 15 is 0 Å². The van der Waals surface area contributed by atoms with E-state index in [-0.39, 0.29) is 41.5 Å². The fourth-order valence-corrected chi connectivity index (χ4v) is 4.18. The van der Waals surface area contributed by atoms with E-state index in [1.807, 2.05) is 13.8 Å². The number of H-pyrrole nitrogens is 1. The first-order valence-corrected chi connectivity index (χ1v) is 12.6. The van der Waals surface area contributed by atoms with Gasteiger partial charge in [0.1, 0.15) is 17.3 Å². The number of nitrogens with one attached hydrogen (secondary N) is 1. The van der Waals surface area contributed by atoms with Crippen molar-refractivity contribution in [2.75, 3.05) is 6.61 Å². The van der Waals surface area contributed by atoms with Crippen molar-refractivity contribution in [1.29, 1.82) is 0 Å². The van der Waals surface area contributed by atoms with Crippen molar-refractivity contribution in [3.05, 3.63) is 82.8 Å². The van der Waals surface area contributed by atoms with Gasteiger partial charge >= 0.3 is 6.18 Å². The highest BCUT2D eigenvalue weighted by atomic mass is 19.4. The second-order valence-corrected chi connectivity index (χ2v) is 9.76. The molecule has 2 aromatic heterocycles.